The monoisotopic (exact) mass is 763 g/mol. The van der Waals surface area contributed by atoms with Crippen LogP contribution in [0.15, 0.2) is 30.3 Å². The molecule has 4 aromatic rings. The Morgan fingerprint density at radius 1 is 1.13 bits per heavy atom. The van der Waals surface area contributed by atoms with Gasteiger partial charge in [0, 0.05) is 64.5 Å². The molecule has 3 N–H and O–H groups in total. The molecule has 14 heteroatoms. The number of carbonyl (C=O) groups excluding carboxylic acids is 2. The number of phenols is 1. The molecule has 1 aromatic heterocycles. The Morgan fingerprint density at radius 2 is 1.93 bits per heavy atom. The third-order valence-corrected chi connectivity index (χ3v) is 14.3. The van der Waals surface area contributed by atoms with Crippen molar-refractivity contribution >= 4 is 34.6 Å². The van der Waals surface area contributed by atoms with Crippen LogP contribution in [0.4, 0.5) is 0 Å². The van der Waals surface area contributed by atoms with Gasteiger partial charge in [-0.05, 0) is 56.5 Å². The number of rotatable bonds is 2. The number of likely N-dealkylation sites (N-methyl/N-ethyl adjacent to an activating group) is 1. The smallest absolute Gasteiger partial charge is 0.333 e. The zero-order valence-corrected chi connectivity index (χ0v) is 32.0. The molecule has 7 aliphatic rings. The Bertz CT molecular complexity index is 2390. The van der Waals surface area contributed by atoms with E-state index in [0.717, 1.165) is 50.8 Å². The third kappa shape index (κ3) is 4.58. The van der Waals surface area contributed by atoms with Crippen molar-refractivity contribution in [3.8, 4) is 34.8 Å². The maximum absolute atomic E-state index is 14.8. The van der Waals surface area contributed by atoms with Crippen LogP contribution < -0.4 is 24.3 Å². The van der Waals surface area contributed by atoms with Gasteiger partial charge in [-0.15, -0.1) is 11.8 Å². The van der Waals surface area contributed by atoms with Crippen molar-refractivity contribution < 1.29 is 38.4 Å². The number of carbonyl (C=O) groups is 2. The van der Waals surface area contributed by atoms with E-state index in [1.807, 2.05) is 39.1 Å². The summed E-state index contributed by atoms with van der Waals surface area (Å²) in [5, 5.41) is 27.4. The molecule has 4 bridgehead atoms. The molecule has 8 heterocycles. The number of nitrogens with zero attached hydrogens (tertiary/aromatic N) is 3. The molecule has 1 spiro atoms. The SMILES string of the molecule is COc1c(C)cc2c(c1O)[C@@H]1C3[C@@H]4SC[C@]5(NCCc6c5[nH]c5ccccc65)C(=O)OC[C@@H](c5c6c(c(C)c(OC(C)=O)c54)OCO6)N3[C@@H](C#N)[C@@H](C2)N1C. The maximum Gasteiger partial charge on any atom is 0.333 e. The van der Waals surface area contributed by atoms with E-state index in [4.69, 9.17) is 23.7 Å². The number of fused-ring (bicyclic) bond motifs is 11. The number of methoxy groups -OCH3 is 1. The molecule has 2 saturated heterocycles. The van der Waals surface area contributed by atoms with E-state index in [0.29, 0.717) is 47.1 Å². The lowest BCUT2D eigenvalue weighted by atomic mass is 9.71. The summed E-state index contributed by atoms with van der Waals surface area (Å²) in [6, 6.07) is 10.3. The molecule has 0 amide bonds. The number of phenolic OH excluding ortho intramolecular Hbond substituents is 1. The van der Waals surface area contributed by atoms with Gasteiger partial charge in [0.25, 0.3) is 0 Å². The van der Waals surface area contributed by atoms with Crippen molar-refractivity contribution in [2.45, 2.75) is 74.6 Å². The quantitative estimate of drug-likeness (QED) is 0.190. The first kappa shape index (κ1) is 34.5. The fraction of sp³-hybridized carbons (Fsp3) is 0.439. The molecule has 11 rings (SSSR count). The van der Waals surface area contributed by atoms with Crippen LogP contribution in [-0.2, 0) is 32.7 Å². The summed E-state index contributed by atoms with van der Waals surface area (Å²) < 4.78 is 30.7. The van der Waals surface area contributed by atoms with Crippen LogP contribution in [0.2, 0.25) is 0 Å². The number of piperazine rings is 1. The van der Waals surface area contributed by atoms with E-state index in [9.17, 15) is 20.0 Å². The highest BCUT2D eigenvalue weighted by atomic mass is 32.2. The summed E-state index contributed by atoms with van der Waals surface area (Å²) in [7, 11) is 3.57. The number of benzene rings is 3. The minimum absolute atomic E-state index is 0.0356. The first-order valence-corrected chi connectivity index (χ1v) is 19.7. The Kier molecular flexibility index (Phi) is 7.71. The van der Waals surface area contributed by atoms with E-state index in [2.05, 4.69) is 38.3 Å². The maximum atomic E-state index is 14.8. The van der Waals surface area contributed by atoms with Gasteiger partial charge in [0.1, 0.15) is 18.4 Å². The minimum atomic E-state index is -1.24. The highest BCUT2D eigenvalue weighted by Gasteiger charge is 2.62. The third-order valence-electron chi connectivity index (χ3n) is 12.8. The van der Waals surface area contributed by atoms with Gasteiger partial charge in [-0.3, -0.25) is 19.9 Å². The average molecular weight is 764 g/mol. The molecule has 13 nitrogen and oxygen atoms in total. The van der Waals surface area contributed by atoms with Crippen LogP contribution in [0, 0.1) is 25.2 Å². The molecule has 0 saturated carbocycles. The average Bonchev–Trinajstić information content (AvgIpc) is 3.81. The summed E-state index contributed by atoms with van der Waals surface area (Å²) in [4.78, 5) is 35.8. The number of nitriles is 1. The zero-order chi connectivity index (χ0) is 38.1. The number of ether oxygens (including phenoxy) is 5. The summed E-state index contributed by atoms with van der Waals surface area (Å²) in [6.07, 6.45) is 1.25. The number of H-pyrrole nitrogens is 1. The van der Waals surface area contributed by atoms with Gasteiger partial charge < -0.3 is 33.8 Å². The van der Waals surface area contributed by atoms with E-state index in [-0.39, 0.29) is 30.9 Å². The van der Waals surface area contributed by atoms with E-state index >= 15 is 0 Å². The van der Waals surface area contributed by atoms with Gasteiger partial charge in [-0.25, -0.2) is 4.79 Å². The second-order valence-corrected chi connectivity index (χ2v) is 16.6. The van der Waals surface area contributed by atoms with Gasteiger partial charge in [0.15, 0.2) is 28.5 Å². The molecule has 1 unspecified atom stereocenters. The largest absolute Gasteiger partial charge is 0.504 e. The topological polar surface area (TPSA) is 159 Å². The summed E-state index contributed by atoms with van der Waals surface area (Å²) in [5.41, 5.74) is 6.13. The highest BCUT2D eigenvalue weighted by molar-refractivity contribution is 7.99. The lowest BCUT2D eigenvalue weighted by molar-refractivity contribution is -0.157. The second kappa shape index (κ2) is 12.3. The van der Waals surface area contributed by atoms with Crippen molar-refractivity contribution in [2.24, 2.45) is 0 Å². The normalized spacial score (nSPS) is 29.1. The van der Waals surface area contributed by atoms with Gasteiger partial charge in [0.05, 0.1) is 36.2 Å². The fourth-order valence-electron chi connectivity index (χ4n) is 10.6. The van der Waals surface area contributed by atoms with Crippen molar-refractivity contribution in [2.75, 3.05) is 39.9 Å². The van der Waals surface area contributed by atoms with Crippen LogP contribution in [0.1, 0.15) is 68.9 Å². The predicted molar refractivity (Wildman–Crippen MR) is 202 cm³/mol. The number of aromatic amines is 1. The van der Waals surface area contributed by atoms with Crippen LogP contribution in [0.3, 0.4) is 0 Å². The predicted octanol–water partition coefficient (Wildman–Crippen LogP) is 4.75. The lowest BCUT2D eigenvalue weighted by Crippen LogP contribution is -2.69. The number of aryl methyl sites for hydroxylation is 1. The van der Waals surface area contributed by atoms with Crippen LogP contribution in [0.5, 0.6) is 28.7 Å². The minimum Gasteiger partial charge on any atom is -0.504 e. The van der Waals surface area contributed by atoms with Gasteiger partial charge in [0.2, 0.25) is 6.79 Å². The summed E-state index contributed by atoms with van der Waals surface area (Å²) >= 11 is 1.56. The van der Waals surface area contributed by atoms with E-state index in [1.165, 1.54) is 6.92 Å². The molecule has 0 radical (unpaired) electrons. The molecular weight excluding hydrogens is 723 g/mol. The van der Waals surface area contributed by atoms with Gasteiger partial charge in [-0.1, -0.05) is 24.3 Å². The van der Waals surface area contributed by atoms with Crippen LogP contribution in [0.25, 0.3) is 10.9 Å². The molecule has 0 aliphatic carbocycles. The Balaban J connectivity index is 1.25. The standard InChI is InChI=1S/C41H41N5O8S/c1-18-12-21-13-25-26(14-42)46-27-15-51-40(49)41(39-23(10-11-43-41)22-8-6-7-9-24(22)44-39)16-55-38(32(46)31(45(25)4)28(21)33(48)34(18)50-5)30-29(27)37-36(52-17-53-37)19(2)35(30)54-20(3)47/h6-9,12,25-27,31-32,38,43-44,48H,10-11,13,15-17H2,1-5H3/t25-,26+,27+,31-,32?,38-,41-/m1/s1. The second-order valence-electron chi connectivity index (χ2n) is 15.4. The Hall–Kier alpha value is -4.94. The van der Waals surface area contributed by atoms with Crippen molar-refractivity contribution in [1.82, 2.24) is 20.1 Å². The number of hydrogen-bond acceptors (Lipinski definition) is 13. The number of esters is 2. The fourth-order valence-corrected chi connectivity index (χ4v) is 12.3. The van der Waals surface area contributed by atoms with Crippen LogP contribution >= 0.6 is 11.8 Å². The molecule has 2 fully saturated rings. The molecular formula is C41H41N5O8S. The number of aromatic nitrogens is 1. The number of hydrogen-bond donors (Lipinski definition) is 3. The molecule has 7 aliphatic heterocycles. The highest BCUT2D eigenvalue weighted by Crippen LogP contribution is 2.64. The first-order chi connectivity index (χ1) is 26.6. The number of aromatic hydroxyl groups is 1. The van der Waals surface area contributed by atoms with E-state index in [1.54, 1.807) is 18.9 Å². The molecule has 55 heavy (non-hydrogen) atoms. The van der Waals surface area contributed by atoms with Crippen molar-refractivity contribution in [3.63, 3.8) is 0 Å². The summed E-state index contributed by atoms with van der Waals surface area (Å²) in [5.74, 6) is 1.15. The zero-order valence-electron chi connectivity index (χ0n) is 31.1. The molecule has 7 atom stereocenters. The van der Waals surface area contributed by atoms with Gasteiger partial charge in [-0.2, -0.15) is 5.26 Å². The Labute approximate surface area is 321 Å². The summed E-state index contributed by atoms with van der Waals surface area (Å²) in [6.45, 7) is 5.56. The first-order valence-electron chi connectivity index (χ1n) is 18.7. The number of nitrogens with one attached hydrogen (secondary N) is 2. The molecule has 3 aromatic carbocycles. The van der Waals surface area contributed by atoms with Crippen molar-refractivity contribution in [3.05, 3.63) is 75.0 Å². The van der Waals surface area contributed by atoms with Gasteiger partial charge >= 0.3 is 11.9 Å². The van der Waals surface area contributed by atoms with E-state index < -0.39 is 46.9 Å². The Morgan fingerprint density at radius 3 is 2.71 bits per heavy atom. The molecule has 284 valence electrons. The number of para-hydroxylation sites is 1. The lowest BCUT2D eigenvalue weighted by Gasteiger charge is -2.62. The van der Waals surface area contributed by atoms with Crippen molar-refractivity contribution in [1.29, 1.82) is 5.26 Å². The van der Waals surface area contributed by atoms with Crippen LogP contribution in [-0.4, -0.2) is 89.8 Å². The number of thioether (sulfide) groups is 1.